The van der Waals surface area contributed by atoms with Gasteiger partial charge in [0.05, 0.1) is 11.2 Å². The molecule has 5 rings (SSSR count). The highest BCUT2D eigenvalue weighted by Crippen LogP contribution is 2.40. The van der Waals surface area contributed by atoms with E-state index in [1.807, 2.05) is 61.6 Å². The maximum atomic E-state index is 11.2. The summed E-state index contributed by atoms with van der Waals surface area (Å²) in [7, 11) is 1.86. The molecular weight excluding hydrogens is 500 g/mol. The number of rotatable bonds is 6. The zero-order valence-electron chi connectivity index (χ0n) is 18.6. The van der Waals surface area contributed by atoms with Crippen molar-refractivity contribution in [2.75, 3.05) is 23.8 Å². The summed E-state index contributed by atoms with van der Waals surface area (Å²) in [5, 5.41) is 21.2. The molecule has 0 saturated heterocycles. The highest BCUT2D eigenvalue weighted by Gasteiger charge is 2.17. The molecular formula is C25H23BrN4O4. The predicted octanol–water partition coefficient (Wildman–Crippen LogP) is 5.40. The summed E-state index contributed by atoms with van der Waals surface area (Å²) >= 11 is 3.76. The number of carbonyl (C=O) groups is 1. The molecule has 1 aliphatic rings. The molecule has 34 heavy (non-hydrogen) atoms. The maximum Gasteiger partial charge on any atom is 0.325 e. The number of anilines is 3. The SMILES string of the molecule is CC(Nc1ccc2c(Nc3cccc(-c4ccc5c(c4)OCCO5)c3Br)nn(C)c2c1)C(=O)O. The van der Waals surface area contributed by atoms with Crippen LogP contribution in [0.2, 0.25) is 0 Å². The molecule has 0 aliphatic carbocycles. The monoisotopic (exact) mass is 522 g/mol. The van der Waals surface area contributed by atoms with Gasteiger partial charge in [-0.25, -0.2) is 0 Å². The Balaban J connectivity index is 1.46. The highest BCUT2D eigenvalue weighted by atomic mass is 79.9. The van der Waals surface area contributed by atoms with E-state index in [-0.39, 0.29) is 0 Å². The van der Waals surface area contributed by atoms with Crippen molar-refractivity contribution < 1.29 is 19.4 Å². The number of aryl methyl sites for hydroxylation is 1. The zero-order valence-corrected chi connectivity index (χ0v) is 20.2. The van der Waals surface area contributed by atoms with Crippen LogP contribution in [0.4, 0.5) is 17.2 Å². The van der Waals surface area contributed by atoms with Crippen molar-refractivity contribution in [3.8, 4) is 22.6 Å². The molecule has 0 bridgehead atoms. The summed E-state index contributed by atoms with van der Waals surface area (Å²) in [6, 6.07) is 16.9. The van der Waals surface area contributed by atoms with Gasteiger partial charge in [-0.2, -0.15) is 5.10 Å². The first-order valence-corrected chi connectivity index (χ1v) is 11.6. The number of carboxylic acids is 1. The van der Waals surface area contributed by atoms with Crippen LogP contribution in [0.3, 0.4) is 0 Å². The van der Waals surface area contributed by atoms with Gasteiger partial charge in [-0.05, 0) is 70.4 Å². The van der Waals surface area contributed by atoms with Gasteiger partial charge in [0.2, 0.25) is 0 Å². The van der Waals surface area contributed by atoms with Crippen LogP contribution in [0.15, 0.2) is 59.1 Å². The fraction of sp³-hybridized carbons (Fsp3) is 0.200. The van der Waals surface area contributed by atoms with Crippen LogP contribution < -0.4 is 20.1 Å². The summed E-state index contributed by atoms with van der Waals surface area (Å²) in [5.74, 6) is 1.30. The molecule has 0 fully saturated rings. The van der Waals surface area contributed by atoms with E-state index in [0.29, 0.717) is 19.0 Å². The third-order valence-electron chi connectivity index (χ3n) is 5.71. The molecule has 2 heterocycles. The summed E-state index contributed by atoms with van der Waals surface area (Å²) in [4.78, 5) is 11.2. The van der Waals surface area contributed by atoms with Gasteiger partial charge in [0.1, 0.15) is 19.3 Å². The Morgan fingerprint density at radius 1 is 1.12 bits per heavy atom. The number of hydrogen-bond donors (Lipinski definition) is 3. The van der Waals surface area contributed by atoms with Gasteiger partial charge in [-0.3, -0.25) is 9.48 Å². The van der Waals surface area contributed by atoms with Gasteiger partial charge in [0, 0.05) is 22.6 Å². The lowest BCUT2D eigenvalue weighted by atomic mass is 10.0. The minimum Gasteiger partial charge on any atom is -0.486 e. The largest absolute Gasteiger partial charge is 0.486 e. The molecule has 4 aromatic rings. The Hall–Kier alpha value is -3.72. The fourth-order valence-corrected chi connectivity index (χ4v) is 4.53. The minimum atomic E-state index is -0.907. The summed E-state index contributed by atoms with van der Waals surface area (Å²) in [5.41, 5.74) is 4.49. The third kappa shape index (κ3) is 4.14. The molecule has 1 atom stereocenters. The number of aliphatic carboxylic acids is 1. The van der Waals surface area contributed by atoms with E-state index in [9.17, 15) is 4.79 Å². The Bertz CT molecular complexity index is 1400. The summed E-state index contributed by atoms with van der Waals surface area (Å²) < 4.78 is 14.1. The third-order valence-corrected chi connectivity index (χ3v) is 6.56. The van der Waals surface area contributed by atoms with Crippen LogP contribution in [0.1, 0.15) is 6.92 Å². The second kappa shape index (κ2) is 8.90. The number of halogens is 1. The number of nitrogens with one attached hydrogen (secondary N) is 2. The van der Waals surface area contributed by atoms with Crippen LogP contribution in [0.25, 0.3) is 22.0 Å². The van der Waals surface area contributed by atoms with Crippen molar-refractivity contribution in [1.29, 1.82) is 0 Å². The van der Waals surface area contributed by atoms with Crippen LogP contribution >= 0.6 is 15.9 Å². The van der Waals surface area contributed by atoms with Crippen molar-refractivity contribution in [3.05, 3.63) is 59.1 Å². The van der Waals surface area contributed by atoms with Crippen molar-refractivity contribution in [2.24, 2.45) is 7.05 Å². The maximum absolute atomic E-state index is 11.2. The number of benzene rings is 3. The van der Waals surface area contributed by atoms with E-state index in [4.69, 9.17) is 14.6 Å². The molecule has 1 aliphatic heterocycles. The van der Waals surface area contributed by atoms with Crippen molar-refractivity contribution in [1.82, 2.24) is 9.78 Å². The first-order chi connectivity index (χ1) is 16.4. The zero-order chi connectivity index (χ0) is 23.8. The van der Waals surface area contributed by atoms with Crippen molar-refractivity contribution >= 4 is 50.0 Å². The Morgan fingerprint density at radius 3 is 2.71 bits per heavy atom. The number of aromatic nitrogens is 2. The lowest BCUT2D eigenvalue weighted by molar-refractivity contribution is -0.137. The number of carboxylic acid groups (broad SMARTS) is 1. The van der Waals surface area contributed by atoms with Crippen molar-refractivity contribution in [3.63, 3.8) is 0 Å². The number of hydrogen-bond acceptors (Lipinski definition) is 6. The number of nitrogens with zero attached hydrogens (tertiary/aromatic N) is 2. The molecule has 174 valence electrons. The topological polar surface area (TPSA) is 97.6 Å². The van der Waals surface area contributed by atoms with E-state index in [1.54, 1.807) is 11.6 Å². The highest BCUT2D eigenvalue weighted by molar-refractivity contribution is 9.10. The smallest absolute Gasteiger partial charge is 0.325 e. The fourth-order valence-electron chi connectivity index (χ4n) is 3.94. The minimum absolute atomic E-state index is 0.540. The Kier molecular flexibility index (Phi) is 5.79. The summed E-state index contributed by atoms with van der Waals surface area (Å²) in [6.45, 7) is 2.71. The van der Waals surface area contributed by atoms with E-state index in [1.165, 1.54) is 0 Å². The molecule has 9 heteroatoms. The van der Waals surface area contributed by atoms with Gasteiger partial charge in [-0.1, -0.05) is 18.2 Å². The molecule has 3 aromatic carbocycles. The quantitative estimate of drug-likeness (QED) is 0.311. The second-order valence-electron chi connectivity index (χ2n) is 8.06. The standard InChI is InChI=1S/C25H23BrN4O4/c1-14(25(31)32)27-16-7-8-18-20(13-16)30(2)29-24(18)28-19-5-3-4-17(23(19)26)15-6-9-21-22(12-15)34-11-10-33-21/h3-9,12-14,27H,10-11H2,1-2H3,(H,28,29)(H,31,32). The van der Waals surface area contributed by atoms with Gasteiger partial charge >= 0.3 is 5.97 Å². The van der Waals surface area contributed by atoms with Crippen LogP contribution in [0, 0.1) is 0 Å². The van der Waals surface area contributed by atoms with Crippen molar-refractivity contribution in [2.45, 2.75) is 13.0 Å². The average Bonchev–Trinajstić information content (AvgIpc) is 3.14. The lowest BCUT2D eigenvalue weighted by Crippen LogP contribution is -2.25. The molecule has 3 N–H and O–H groups in total. The van der Waals surface area contributed by atoms with Gasteiger partial charge in [-0.15, -0.1) is 0 Å². The molecule has 0 spiro atoms. The molecule has 1 aromatic heterocycles. The van der Waals surface area contributed by atoms with Crippen LogP contribution in [-0.4, -0.2) is 40.1 Å². The Morgan fingerprint density at radius 2 is 1.91 bits per heavy atom. The first-order valence-electron chi connectivity index (χ1n) is 10.8. The predicted molar refractivity (Wildman–Crippen MR) is 135 cm³/mol. The first kappa shape index (κ1) is 22.1. The number of ether oxygens (including phenoxy) is 2. The lowest BCUT2D eigenvalue weighted by Gasteiger charge is -2.19. The van der Waals surface area contributed by atoms with Gasteiger partial charge in [0.25, 0.3) is 0 Å². The molecule has 1 unspecified atom stereocenters. The van der Waals surface area contributed by atoms with E-state index < -0.39 is 12.0 Å². The normalized spacial score (nSPS) is 13.5. The molecule has 8 nitrogen and oxygen atoms in total. The molecule has 0 radical (unpaired) electrons. The van der Waals surface area contributed by atoms with E-state index >= 15 is 0 Å². The number of fused-ring (bicyclic) bond motifs is 2. The molecule has 0 saturated carbocycles. The summed E-state index contributed by atoms with van der Waals surface area (Å²) in [6.07, 6.45) is 0. The van der Waals surface area contributed by atoms with E-state index in [0.717, 1.165) is 49.4 Å². The van der Waals surface area contributed by atoms with Crippen LogP contribution in [0.5, 0.6) is 11.5 Å². The van der Waals surface area contributed by atoms with Gasteiger partial charge in [0.15, 0.2) is 17.3 Å². The van der Waals surface area contributed by atoms with Gasteiger partial charge < -0.3 is 25.2 Å². The average molecular weight is 523 g/mol. The molecule has 0 amide bonds. The van der Waals surface area contributed by atoms with E-state index in [2.05, 4.69) is 31.7 Å². The Labute approximate surface area is 204 Å². The van der Waals surface area contributed by atoms with Crippen LogP contribution in [-0.2, 0) is 11.8 Å². The second-order valence-corrected chi connectivity index (χ2v) is 8.85.